The van der Waals surface area contributed by atoms with E-state index in [0.717, 1.165) is 5.56 Å². The maximum absolute atomic E-state index is 12.7. The third-order valence-electron chi connectivity index (χ3n) is 4.30. The summed E-state index contributed by atoms with van der Waals surface area (Å²) in [6.07, 6.45) is 0. The largest absolute Gasteiger partial charge is 0.342 e. The van der Waals surface area contributed by atoms with Gasteiger partial charge in [-0.15, -0.1) is 0 Å². The summed E-state index contributed by atoms with van der Waals surface area (Å²) in [6, 6.07) is 8.43. The summed E-state index contributed by atoms with van der Waals surface area (Å²) in [5.74, 6) is -0.129. The van der Waals surface area contributed by atoms with Gasteiger partial charge in [-0.3, -0.25) is 9.59 Å². The van der Waals surface area contributed by atoms with Crippen molar-refractivity contribution in [3.05, 3.63) is 35.9 Å². The SMILES string of the molecule is CC1NC(=O)C(c2ccccc2)N(C(C)C(C)(C)C)C1=O. The first-order chi connectivity index (χ1) is 9.73. The van der Waals surface area contributed by atoms with Gasteiger partial charge in [0.25, 0.3) is 0 Å². The quantitative estimate of drug-likeness (QED) is 0.909. The number of benzene rings is 1. The molecule has 0 aliphatic carbocycles. The molecule has 0 bridgehead atoms. The van der Waals surface area contributed by atoms with Crippen molar-refractivity contribution in [2.24, 2.45) is 5.41 Å². The van der Waals surface area contributed by atoms with Crippen LogP contribution in [-0.2, 0) is 9.59 Å². The third-order valence-corrected chi connectivity index (χ3v) is 4.30. The molecule has 2 rings (SSSR count). The zero-order valence-electron chi connectivity index (χ0n) is 13.4. The molecule has 1 aromatic rings. The number of rotatable bonds is 2. The molecule has 114 valence electrons. The molecule has 4 heteroatoms. The molecule has 21 heavy (non-hydrogen) atoms. The van der Waals surface area contributed by atoms with E-state index in [9.17, 15) is 9.59 Å². The average Bonchev–Trinajstić information content (AvgIpc) is 2.41. The fraction of sp³-hybridized carbons (Fsp3) is 0.529. The van der Waals surface area contributed by atoms with E-state index in [-0.39, 0.29) is 23.3 Å². The van der Waals surface area contributed by atoms with E-state index in [1.54, 1.807) is 11.8 Å². The first-order valence-electron chi connectivity index (χ1n) is 7.41. The van der Waals surface area contributed by atoms with Gasteiger partial charge < -0.3 is 10.2 Å². The molecule has 0 spiro atoms. The molecule has 0 radical (unpaired) electrons. The molecule has 0 saturated carbocycles. The lowest BCUT2D eigenvalue weighted by molar-refractivity contribution is -0.154. The van der Waals surface area contributed by atoms with Crippen molar-refractivity contribution in [3.63, 3.8) is 0 Å². The second-order valence-corrected chi connectivity index (χ2v) is 6.83. The zero-order valence-corrected chi connectivity index (χ0v) is 13.4. The average molecular weight is 288 g/mol. The molecule has 3 atom stereocenters. The smallest absolute Gasteiger partial charge is 0.248 e. The Morgan fingerprint density at radius 2 is 1.71 bits per heavy atom. The van der Waals surface area contributed by atoms with Gasteiger partial charge in [-0.05, 0) is 24.8 Å². The van der Waals surface area contributed by atoms with Gasteiger partial charge in [0.1, 0.15) is 12.1 Å². The normalized spacial score (nSPS) is 24.7. The molecule has 1 aliphatic heterocycles. The van der Waals surface area contributed by atoms with Crippen LogP contribution in [0.2, 0.25) is 0 Å². The van der Waals surface area contributed by atoms with Crippen molar-refractivity contribution < 1.29 is 9.59 Å². The van der Waals surface area contributed by atoms with E-state index in [1.165, 1.54) is 0 Å². The minimum absolute atomic E-state index is 0.0223. The number of piperazine rings is 1. The summed E-state index contributed by atoms with van der Waals surface area (Å²) in [5.41, 5.74) is 0.756. The maximum Gasteiger partial charge on any atom is 0.248 e. The van der Waals surface area contributed by atoms with E-state index in [0.29, 0.717) is 0 Å². The summed E-state index contributed by atoms with van der Waals surface area (Å²) in [7, 11) is 0. The Morgan fingerprint density at radius 3 is 2.24 bits per heavy atom. The van der Waals surface area contributed by atoms with Gasteiger partial charge in [-0.25, -0.2) is 0 Å². The van der Waals surface area contributed by atoms with Crippen LogP contribution < -0.4 is 5.32 Å². The monoisotopic (exact) mass is 288 g/mol. The molecule has 3 unspecified atom stereocenters. The van der Waals surface area contributed by atoms with Crippen LogP contribution in [0.25, 0.3) is 0 Å². The molecule has 4 nitrogen and oxygen atoms in total. The highest BCUT2D eigenvalue weighted by atomic mass is 16.2. The van der Waals surface area contributed by atoms with Gasteiger partial charge in [0.05, 0.1) is 0 Å². The van der Waals surface area contributed by atoms with Crippen molar-refractivity contribution in [1.82, 2.24) is 10.2 Å². The van der Waals surface area contributed by atoms with Crippen LogP contribution in [0, 0.1) is 5.41 Å². The number of amides is 2. The molecular weight excluding hydrogens is 264 g/mol. The summed E-state index contributed by atoms with van der Waals surface area (Å²) in [6.45, 7) is 10.0. The summed E-state index contributed by atoms with van der Waals surface area (Å²) in [5, 5.41) is 2.78. The Labute approximate surface area is 126 Å². The molecule has 2 amide bonds. The molecule has 1 aliphatic rings. The fourth-order valence-electron chi connectivity index (χ4n) is 2.61. The van der Waals surface area contributed by atoms with E-state index < -0.39 is 12.1 Å². The van der Waals surface area contributed by atoms with Crippen LogP contribution in [-0.4, -0.2) is 28.8 Å². The van der Waals surface area contributed by atoms with Gasteiger partial charge >= 0.3 is 0 Å². The van der Waals surface area contributed by atoms with E-state index in [2.05, 4.69) is 26.1 Å². The summed E-state index contributed by atoms with van der Waals surface area (Å²) < 4.78 is 0. The van der Waals surface area contributed by atoms with Crippen molar-refractivity contribution in [2.75, 3.05) is 0 Å². The Kier molecular flexibility index (Phi) is 4.08. The molecule has 1 aromatic carbocycles. The Balaban J connectivity index is 2.47. The van der Waals surface area contributed by atoms with Crippen LogP contribution in [0.15, 0.2) is 30.3 Å². The highest BCUT2D eigenvalue weighted by Gasteiger charge is 2.44. The second-order valence-electron chi connectivity index (χ2n) is 6.83. The molecule has 0 aromatic heterocycles. The lowest BCUT2D eigenvalue weighted by atomic mass is 9.84. The summed E-state index contributed by atoms with van der Waals surface area (Å²) >= 11 is 0. The second kappa shape index (κ2) is 5.51. The highest BCUT2D eigenvalue weighted by Crippen LogP contribution is 2.34. The van der Waals surface area contributed by atoms with Crippen molar-refractivity contribution in [2.45, 2.75) is 52.7 Å². The topological polar surface area (TPSA) is 49.4 Å². The van der Waals surface area contributed by atoms with Gasteiger partial charge in [0.15, 0.2) is 0 Å². The number of nitrogens with one attached hydrogen (secondary N) is 1. The Hall–Kier alpha value is -1.84. The number of hydrogen-bond acceptors (Lipinski definition) is 2. The lowest BCUT2D eigenvalue weighted by Gasteiger charge is -2.46. The van der Waals surface area contributed by atoms with Crippen LogP contribution in [0.4, 0.5) is 0 Å². The van der Waals surface area contributed by atoms with Crippen molar-refractivity contribution in [3.8, 4) is 0 Å². The van der Waals surface area contributed by atoms with Crippen molar-refractivity contribution >= 4 is 11.8 Å². The molecule has 1 heterocycles. The van der Waals surface area contributed by atoms with E-state index in [4.69, 9.17) is 0 Å². The minimum atomic E-state index is -0.552. The Morgan fingerprint density at radius 1 is 1.14 bits per heavy atom. The third kappa shape index (κ3) is 2.94. The van der Waals surface area contributed by atoms with Gasteiger partial charge in [-0.2, -0.15) is 0 Å². The van der Waals surface area contributed by atoms with Crippen molar-refractivity contribution in [1.29, 1.82) is 0 Å². The van der Waals surface area contributed by atoms with Gasteiger partial charge in [0, 0.05) is 6.04 Å². The number of carbonyl (C=O) groups excluding carboxylic acids is 2. The van der Waals surface area contributed by atoms with Crippen LogP contribution in [0.3, 0.4) is 0 Å². The van der Waals surface area contributed by atoms with Crippen LogP contribution >= 0.6 is 0 Å². The standard InChI is InChI=1S/C17H24N2O2/c1-11-16(21)19(12(2)17(3,4)5)14(15(20)18-11)13-9-7-6-8-10-13/h6-12,14H,1-5H3,(H,18,20). The van der Waals surface area contributed by atoms with E-state index in [1.807, 2.05) is 37.3 Å². The van der Waals surface area contributed by atoms with Crippen LogP contribution in [0.1, 0.15) is 46.2 Å². The first kappa shape index (κ1) is 15.5. The number of carbonyl (C=O) groups is 2. The molecule has 1 saturated heterocycles. The Bertz CT molecular complexity index is 533. The lowest BCUT2D eigenvalue weighted by Crippen LogP contribution is -2.62. The number of nitrogens with zero attached hydrogens (tertiary/aromatic N) is 1. The molecule has 1 fully saturated rings. The predicted octanol–water partition coefficient (Wildman–Crippen LogP) is 2.51. The highest BCUT2D eigenvalue weighted by molar-refractivity contribution is 5.97. The molecular formula is C17H24N2O2. The summed E-state index contributed by atoms with van der Waals surface area (Å²) in [4.78, 5) is 26.9. The fourth-order valence-corrected chi connectivity index (χ4v) is 2.61. The van der Waals surface area contributed by atoms with Crippen LogP contribution in [0.5, 0.6) is 0 Å². The first-order valence-corrected chi connectivity index (χ1v) is 7.41. The zero-order chi connectivity index (χ0) is 15.8. The van der Waals surface area contributed by atoms with E-state index >= 15 is 0 Å². The predicted molar refractivity (Wildman–Crippen MR) is 82.6 cm³/mol. The number of hydrogen-bond donors (Lipinski definition) is 1. The maximum atomic E-state index is 12.7. The molecule has 1 N–H and O–H groups in total. The van der Waals surface area contributed by atoms with Gasteiger partial charge in [0.2, 0.25) is 11.8 Å². The van der Waals surface area contributed by atoms with Gasteiger partial charge in [-0.1, -0.05) is 51.1 Å². The minimum Gasteiger partial charge on any atom is -0.342 e.